The predicted molar refractivity (Wildman–Crippen MR) is 54.4 cm³/mol. The van der Waals surface area contributed by atoms with Crippen LogP contribution in [-0.2, 0) is 0 Å². The number of aromatic nitrogens is 3. The molecule has 0 aromatic carbocycles. The maximum absolute atomic E-state index is 4.86. The van der Waals surface area contributed by atoms with Crippen molar-refractivity contribution in [2.24, 2.45) is 0 Å². The first-order valence-electron chi connectivity index (χ1n) is 4.16. The maximum Gasteiger partial charge on any atom is 0.314 e. The van der Waals surface area contributed by atoms with Crippen molar-refractivity contribution in [3.63, 3.8) is 0 Å². The molecule has 2 rings (SSSR count). The van der Waals surface area contributed by atoms with Crippen LogP contribution in [0.2, 0.25) is 0 Å². The van der Waals surface area contributed by atoms with Crippen LogP contribution in [0, 0.1) is 18.7 Å². The zero-order valence-corrected chi connectivity index (χ0v) is 8.68. The molecule has 5 heteroatoms. The third-order valence-electron chi connectivity index (χ3n) is 1.94. The Bertz CT molecular complexity index is 515. The molecule has 0 saturated heterocycles. The van der Waals surface area contributed by atoms with E-state index in [9.17, 15) is 0 Å². The Hall–Kier alpha value is -1.49. The van der Waals surface area contributed by atoms with Gasteiger partial charge in [0.05, 0.1) is 0 Å². The van der Waals surface area contributed by atoms with Crippen molar-refractivity contribution in [2.75, 3.05) is 0 Å². The molecule has 2 heterocycles. The summed E-state index contributed by atoms with van der Waals surface area (Å²) >= 11 is 4.77. The molecule has 14 heavy (non-hydrogen) atoms. The van der Waals surface area contributed by atoms with Crippen LogP contribution in [0.4, 0.5) is 0 Å². The summed E-state index contributed by atoms with van der Waals surface area (Å²) in [5, 5.41) is 2.65. The summed E-state index contributed by atoms with van der Waals surface area (Å²) in [4.78, 5) is 8.42. The van der Waals surface area contributed by atoms with Gasteiger partial charge in [-0.25, -0.2) is 5.16 Å². The maximum atomic E-state index is 4.86. The number of aryl methyl sites for hydroxylation is 2. The lowest BCUT2D eigenvalue weighted by Gasteiger charge is -2.00. The smallest absolute Gasteiger partial charge is 0.314 e. The van der Waals surface area contributed by atoms with Crippen molar-refractivity contribution in [2.45, 2.75) is 13.8 Å². The van der Waals surface area contributed by atoms with Crippen LogP contribution in [0.25, 0.3) is 11.4 Å². The Balaban J connectivity index is 2.57. The first-order valence-corrected chi connectivity index (χ1v) is 4.57. The van der Waals surface area contributed by atoms with Gasteiger partial charge in [0.25, 0.3) is 0 Å². The number of pyridine rings is 1. The fourth-order valence-corrected chi connectivity index (χ4v) is 1.42. The third kappa shape index (κ3) is 1.58. The average molecular weight is 207 g/mol. The summed E-state index contributed by atoms with van der Waals surface area (Å²) < 4.78 is 4.86. The fraction of sp³-hybridized carbons (Fsp3) is 0.222. The van der Waals surface area contributed by atoms with Crippen molar-refractivity contribution >= 4 is 12.2 Å². The van der Waals surface area contributed by atoms with E-state index in [1.807, 2.05) is 19.9 Å². The van der Waals surface area contributed by atoms with E-state index in [1.54, 1.807) is 6.20 Å². The molecule has 0 atom stereocenters. The lowest BCUT2D eigenvalue weighted by atomic mass is 10.1. The normalized spacial score (nSPS) is 10.4. The molecule has 0 spiro atoms. The Kier molecular flexibility index (Phi) is 2.17. The van der Waals surface area contributed by atoms with Gasteiger partial charge in [0, 0.05) is 17.5 Å². The summed E-state index contributed by atoms with van der Waals surface area (Å²) in [6.45, 7) is 3.94. The van der Waals surface area contributed by atoms with E-state index in [0.29, 0.717) is 5.82 Å². The van der Waals surface area contributed by atoms with Crippen molar-refractivity contribution in [3.05, 3.63) is 28.4 Å². The van der Waals surface area contributed by atoms with Gasteiger partial charge in [-0.1, -0.05) is 0 Å². The largest absolute Gasteiger partial charge is 0.348 e. The Morgan fingerprint density at radius 1 is 1.43 bits per heavy atom. The quantitative estimate of drug-likeness (QED) is 0.729. The first kappa shape index (κ1) is 9.08. The third-order valence-corrected chi connectivity index (χ3v) is 2.12. The van der Waals surface area contributed by atoms with Gasteiger partial charge in [-0.15, -0.1) is 0 Å². The molecule has 0 bridgehead atoms. The Morgan fingerprint density at radius 2 is 2.21 bits per heavy atom. The molecule has 0 aliphatic carbocycles. The highest BCUT2D eigenvalue weighted by Crippen LogP contribution is 2.18. The number of hydrogen-bond donors (Lipinski definition) is 1. The fourth-order valence-electron chi connectivity index (χ4n) is 1.29. The molecule has 2 aromatic rings. The van der Waals surface area contributed by atoms with Gasteiger partial charge in [-0.3, -0.25) is 4.98 Å². The van der Waals surface area contributed by atoms with Crippen LogP contribution in [0.3, 0.4) is 0 Å². The number of rotatable bonds is 1. The van der Waals surface area contributed by atoms with E-state index >= 15 is 0 Å². The Morgan fingerprint density at radius 3 is 2.79 bits per heavy atom. The van der Waals surface area contributed by atoms with Gasteiger partial charge >= 0.3 is 4.84 Å². The van der Waals surface area contributed by atoms with E-state index in [0.717, 1.165) is 16.8 Å². The summed E-state index contributed by atoms with van der Waals surface area (Å²) in [5.41, 5.74) is 2.99. The second-order valence-corrected chi connectivity index (χ2v) is 3.42. The Labute approximate surface area is 86.0 Å². The summed E-state index contributed by atoms with van der Waals surface area (Å²) in [5.74, 6) is 0.625. The lowest BCUT2D eigenvalue weighted by Crippen LogP contribution is -1.89. The van der Waals surface area contributed by atoms with Crippen LogP contribution >= 0.6 is 12.2 Å². The molecule has 1 N–H and O–H groups in total. The molecule has 0 aliphatic rings. The first-order chi connectivity index (χ1) is 6.66. The van der Waals surface area contributed by atoms with Crippen molar-refractivity contribution < 1.29 is 4.52 Å². The summed E-state index contributed by atoms with van der Waals surface area (Å²) in [6, 6.07) is 1.99. The number of nitrogens with zero attached hydrogens (tertiary/aromatic N) is 2. The van der Waals surface area contributed by atoms with Crippen LogP contribution < -0.4 is 0 Å². The van der Waals surface area contributed by atoms with Crippen molar-refractivity contribution in [3.8, 4) is 11.4 Å². The van der Waals surface area contributed by atoms with Gasteiger partial charge < -0.3 is 4.52 Å². The van der Waals surface area contributed by atoms with E-state index in [-0.39, 0.29) is 4.84 Å². The van der Waals surface area contributed by atoms with Crippen LogP contribution in [0.5, 0.6) is 0 Å². The SMILES string of the molecule is Cc1cc(C)c(-c2nc(=S)o[nH]2)cn1. The van der Waals surface area contributed by atoms with Gasteiger partial charge in [-0.2, -0.15) is 4.98 Å². The lowest BCUT2D eigenvalue weighted by molar-refractivity contribution is 0.406. The topological polar surface area (TPSA) is 54.7 Å². The molecule has 72 valence electrons. The number of hydrogen-bond acceptors (Lipinski definition) is 4. The molecule has 4 nitrogen and oxygen atoms in total. The predicted octanol–water partition coefficient (Wildman–Crippen LogP) is 2.41. The van der Waals surface area contributed by atoms with Crippen LogP contribution in [0.1, 0.15) is 11.3 Å². The minimum atomic E-state index is 0.208. The second kappa shape index (κ2) is 3.34. The number of H-pyrrole nitrogens is 1. The number of aromatic amines is 1. The highest BCUT2D eigenvalue weighted by Gasteiger charge is 2.06. The van der Waals surface area contributed by atoms with Crippen LogP contribution in [-0.4, -0.2) is 15.1 Å². The molecule has 0 amide bonds. The van der Waals surface area contributed by atoms with E-state index in [4.69, 9.17) is 16.7 Å². The van der Waals surface area contributed by atoms with Crippen molar-refractivity contribution in [1.29, 1.82) is 0 Å². The van der Waals surface area contributed by atoms with Gasteiger partial charge in [0.2, 0.25) is 0 Å². The molecular weight excluding hydrogens is 198 g/mol. The van der Waals surface area contributed by atoms with Crippen molar-refractivity contribution in [1.82, 2.24) is 15.1 Å². The molecule has 0 radical (unpaired) electrons. The summed E-state index contributed by atoms with van der Waals surface area (Å²) in [6.07, 6.45) is 1.76. The van der Waals surface area contributed by atoms with E-state index in [1.165, 1.54) is 0 Å². The molecule has 0 aliphatic heterocycles. The van der Waals surface area contributed by atoms with Crippen LogP contribution in [0.15, 0.2) is 16.8 Å². The molecule has 2 aromatic heterocycles. The minimum absolute atomic E-state index is 0.208. The van der Waals surface area contributed by atoms with Gasteiger partial charge in [0.15, 0.2) is 5.82 Å². The molecular formula is C9H9N3OS. The zero-order valence-electron chi connectivity index (χ0n) is 7.87. The number of nitrogens with one attached hydrogen (secondary N) is 1. The minimum Gasteiger partial charge on any atom is -0.348 e. The summed E-state index contributed by atoms with van der Waals surface area (Å²) in [7, 11) is 0. The highest BCUT2D eigenvalue weighted by molar-refractivity contribution is 7.71. The van der Waals surface area contributed by atoms with Gasteiger partial charge in [0.1, 0.15) is 0 Å². The molecule has 0 fully saturated rings. The molecule has 0 unspecified atom stereocenters. The standard InChI is InChI=1S/C9H9N3OS/c1-5-3-6(2)10-4-7(5)8-11-9(14)13-12-8/h3-4H,1-2H3,(H,11,12,14). The molecule has 0 saturated carbocycles. The van der Waals surface area contributed by atoms with Gasteiger partial charge in [-0.05, 0) is 37.7 Å². The average Bonchev–Trinajstić information content (AvgIpc) is 2.51. The monoisotopic (exact) mass is 207 g/mol. The van der Waals surface area contributed by atoms with E-state index in [2.05, 4.69) is 15.1 Å². The second-order valence-electron chi connectivity index (χ2n) is 3.07. The highest BCUT2D eigenvalue weighted by atomic mass is 32.1. The van der Waals surface area contributed by atoms with E-state index < -0.39 is 0 Å². The zero-order chi connectivity index (χ0) is 10.1.